The van der Waals surface area contributed by atoms with Crippen LogP contribution in [-0.2, 0) is 13.0 Å². The van der Waals surface area contributed by atoms with E-state index in [-0.39, 0.29) is 25.6 Å². The van der Waals surface area contributed by atoms with Crippen molar-refractivity contribution in [1.29, 1.82) is 0 Å². The minimum absolute atomic E-state index is 0. The summed E-state index contributed by atoms with van der Waals surface area (Å²) >= 11 is 0. The van der Waals surface area contributed by atoms with E-state index in [1.807, 2.05) is 30.3 Å². The molecule has 26 heavy (non-hydrogen) atoms. The monoisotopic (exact) mass is 379 g/mol. The molecule has 0 amide bonds. The largest absolute Gasteiger partial charge is 0.489 e. The molecular weight excluding hydrogens is 350 g/mol. The predicted octanol–water partition coefficient (Wildman–Crippen LogP) is 3.30. The Hall–Kier alpha value is -1.59. The number of aliphatic hydroxyl groups excluding tert-OH is 2. The van der Waals surface area contributed by atoms with Crippen LogP contribution >= 0.6 is 12.4 Å². The van der Waals surface area contributed by atoms with Gasteiger partial charge in [0.2, 0.25) is 0 Å². The molecule has 0 aliphatic rings. The topological polar surface area (TPSA) is 52.9 Å². The van der Waals surface area contributed by atoms with Crippen molar-refractivity contribution in [2.24, 2.45) is 0 Å². The smallest absolute Gasteiger partial charge is 0.119 e. The quantitative estimate of drug-likeness (QED) is 0.555. The van der Waals surface area contributed by atoms with E-state index in [2.05, 4.69) is 29.2 Å². The molecule has 0 heterocycles. The molecule has 2 aromatic carbocycles. The van der Waals surface area contributed by atoms with Gasteiger partial charge in [-0.3, -0.25) is 4.90 Å². The Morgan fingerprint density at radius 1 is 0.731 bits per heavy atom. The summed E-state index contributed by atoms with van der Waals surface area (Å²) in [7, 11) is 0. The van der Waals surface area contributed by atoms with Gasteiger partial charge in [0.15, 0.2) is 0 Å². The van der Waals surface area contributed by atoms with E-state index in [1.165, 1.54) is 11.1 Å². The van der Waals surface area contributed by atoms with E-state index >= 15 is 0 Å². The second-order valence-electron chi connectivity index (χ2n) is 6.16. The van der Waals surface area contributed by atoms with Gasteiger partial charge in [0.25, 0.3) is 0 Å². The van der Waals surface area contributed by atoms with Gasteiger partial charge in [-0.15, -0.1) is 12.4 Å². The van der Waals surface area contributed by atoms with Gasteiger partial charge in [-0.1, -0.05) is 42.5 Å². The summed E-state index contributed by atoms with van der Waals surface area (Å²) in [5, 5.41) is 18.0. The summed E-state index contributed by atoms with van der Waals surface area (Å²) in [6.45, 7) is 3.07. The number of aliphatic hydroxyl groups is 2. The summed E-state index contributed by atoms with van der Waals surface area (Å²) < 4.78 is 5.76. The molecular formula is C21H30ClNO3. The maximum Gasteiger partial charge on any atom is 0.119 e. The lowest BCUT2D eigenvalue weighted by Crippen LogP contribution is -2.30. The minimum Gasteiger partial charge on any atom is -0.489 e. The molecule has 0 aliphatic carbocycles. The predicted molar refractivity (Wildman–Crippen MR) is 108 cm³/mol. The number of hydrogen-bond acceptors (Lipinski definition) is 4. The van der Waals surface area contributed by atoms with Crippen LogP contribution in [0.1, 0.15) is 24.0 Å². The Balaban J connectivity index is 0.00000338. The first-order valence-corrected chi connectivity index (χ1v) is 9.01. The number of ether oxygens (including phenoxy) is 1. The first kappa shape index (κ1) is 22.5. The van der Waals surface area contributed by atoms with Crippen molar-refractivity contribution in [3.05, 3.63) is 65.7 Å². The second kappa shape index (κ2) is 13.6. The van der Waals surface area contributed by atoms with Crippen LogP contribution in [0.3, 0.4) is 0 Å². The Morgan fingerprint density at radius 2 is 1.35 bits per heavy atom. The molecule has 0 spiro atoms. The first-order chi connectivity index (χ1) is 12.3. The molecule has 5 heteroatoms. The lowest BCUT2D eigenvalue weighted by Gasteiger charge is -2.19. The molecule has 2 N–H and O–H groups in total. The van der Waals surface area contributed by atoms with Crippen molar-refractivity contribution < 1.29 is 14.9 Å². The van der Waals surface area contributed by atoms with Crippen LogP contribution in [0.25, 0.3) is 0 Å². The summed E-state index contributed by atoms with van der Waals surface area (Å²) in [5.74, 6) is 0.891. The van der Waals surface area contributed by atoms with Crippen molar-refractivity contribution in [2.75, 3.05) is 32.8 Å². The van der Waals surface area contributed by atoms with Crippen LogP contribution < -0.4 is 4.74 Å². The molecule has 4 nitrogen and oxygen atoms in total. The summed E-state index contributed by atoms with van der Waals surface area (Å²) in [6, 6.07) is 18.4. The van der Waals surface area contributed by atoms with Crippen molar-refractivity contribution >= 4 is 12.4 Å². The van der Waals surface area contributed by atoms with Crippen molar-refractivity contribution in [3.8, 4) is 5.75 Å². The fourth-order valence-corrected chi connectivity index (χ4v) is 2.77. The van der Waals surface area contributed by atoms with Crippen LogP contribution in [0.4, 0.5) is 0 Å². The number of para-hydroxylation sites is 1. The highest BCUT2D eigenvalue weighted by molar-refractivity contribution is 5.85. The summed E-state index contributed by atoms with van der Waals surface area (Å²) in [5.41, 5.74) is 2.50. The standard InChI is InChI=1S/C21H29NO3.ClH/c23-16-14-22(15-17-24)13-5-4-6-19-9-11-20(12-10-19)18-25-21-7-2-1-3-8-21;/h1-3,7-12,23-24H,4-6,13-18H2;1H. The second-order valence-corrected chi connectivity index (χ2v) is 6.16. The first-order valence-electron chi connectivity index (χ1n) is 9.01. The normalized spacial score (nSPS) is 10.6. The molecule has 2 rings (SSSR count). The van der Waals surface area contributed by atoms with Crippen LogP contribution in [0.5, 0.6) is 5.75 Å². The number of unbranched alkanes of at least 4 members (excludes halogenated alkanes) is 1. The molecule has 0 aromatic heterocycles. The lowest BCUT2D eigenvalue weighted by molar-refractivity contribution is 0.159. The number of benzene rings is 2. The highest BCUT2D eigenvalue weighted by Crippen LogP contribution is 2.13. The van der Waals surface area contributed by atoms with Crippen LogP contribution in [-0.4, -0.2) is 48.0 Å². The molecule has 144 valence electrons. The Kier molecular flexibility index (Phi) is 11.7. The average Bonchev–Trinajstić information content (AvgIpc) is 2.65. The van der Waals surface area contributed by atoms with Gasteiger partial charge in [-0.2, -0.15) is 0 Å². The van der Waals surface area contributed by atoms with Gasteiger partial charge in [0.05, 0.1) is 13.2 Å². The number of aryl methyl sites for hydroxylation is 1. The zero-order chi connectivity index (χ0) is 17.7. The zero-order valence-corrected chi connectivity index (χ0v) is 16.0. The van der Waals surface area contributed by atoms with E-state index < -0.39 is 0 Å². The third-order valence-electron chi connectivity index (χ3n) is 4.19. The summed E-state index contributed by atoms with van der Waals surface area (Å²) in [6.07, 6.45) is 3.22. The molecule has 0 saturated heterocycles. The number of hydrogen-bond donors (Lipinski definition) is 2. The van der Waals surface area contributed by atoms with E-state index in [4.69, 9.17) is 14.9 Å². The SMILES string of the molecule is Cl.OCCN(CCO)CCCCc1ccc(COc2ccccc2)cc1. The number of halogens is 1. The average molecular weight is 380 g/mol. The fourth-order valence-electron chi connectivity index (χ4n) is 2.77. The van der Waals surface area contributed by atoms with Crippen molar-refractivity contribution in [2.45, 2.75) is 25.9 Å². The molecule has 0 radical (unpaired) electrons. The third-order valence-corrected chi connectivity index (χ3v) is 4.19. The van der Waals surface area contributed by atoms with Gasteiger partial charge in [0, 0.05) is 13.1 Å². The highest BCUT2D eigenvalue weighted by atomic mass is 35.5. The van der Waals surface area contributed by atoms with Crippen molar-refractivity contribution in [1.82, 2.24) is 4.90 Å². The molecule has 2 aromatic rings. The fraction of sp³-hybridized carbons (Fsp3) is 0.429. The van der Waals surface area contributed by atoms with E-state index in [1.54, 1.807) is 0 Å². The maximum atomic E-state index is 9.01. The van der Waals surface area contributed by atoms with Gasteiger partial charge >= 0.3 is 0 Å². The minimum atomic E-state index is 0. The van der Waals surface area contributed by atoms with Crippen molar-refractivity contribution in [3.63, 3.8) is 0 Å². The molecule has 0 aliphatic heterocycles. The molecule has 0 atom stereocenters. The van der Waals surface area contributed by atoms with Crippen LogP contribution in [0.2, 0.25) is 0 Å². The maximum absolute atomic E-state index is 9.01. The summed E-state index contributed by atoms with van der Waals surface area (Å²) in [4.78, 5) is 2.10. The lowest BCUT2D eigenvalue weighted by atomic mass is 10.1. The van der Waals surface area contributed by atoms with E-state index in [9.17, 15) is 0 Å². The van der Waals surface area contributed by atoms with Gasteiger partial charge in [-0.25, -0.2) is 0 Å². The Labute approximate surface area is 162 Å². The number of rotatable bonds is 12. The Bertz CT molecular complexity index is 572. The zero-order valence-electron chi connectivity index (χ0n) is 15.2. The van der Waals surface area contributed by atoms with Gasteiger partial charge < -0.3 is 14.9 Å². The Morgan fingerprint density at radius 3 is 1.96 bits per heavy atom. The molecule has 0 bridgehead atoms. The molecule has 0 unspecified atom stereocenters. The molecule has 0 saturated carbocycles. The van der Waals surface area contributed by atoms with Gasteiger partial charge in [-0.05, 0) is 49.1 Å². The van der Waals surface area contributed by atoms with Gasteiger partial charge in [0.1, 0.15) is 12.4 Å². The van der Waals surface area contributed by atoms with Crippen LogP contribution in [0, 0.1) is 0 Å². The van der Waals surface area contributed by atoms with E-state index in [0.29, 0.717) is 19.7 Å². The molecule has 0 fully saturated rings. The highest BCUT2D eigenvalue weighted by Gasteiger charge is 2.03. The number of nitrogens with zero attached hydrogens (tertiary/aromatic N) is 1. The van der Waals surface area contributed by atoms with E-state index in [0.717, 1.165) is 31.6 Å². The third kappa shape index (κ3) is 8.68. The van der Waals surface area contributed by atoms with Crippen LogP contribution in [0.15, 0.2) is 54.6 Å².